The van der Waals surface area contributed by atoms with Gasteiger partial charge in [0.05, 0.1) is 29.3 Å². The smallest absolute Gasteiger partial charge is 0.307 e. The number of fused-ring (bicyclic) bond motifs is 1. The molecule has 0 unspecified atom stereocenters. The van der Waals surface area contributed by atoms with E-state index in [4.69, 9.17) is 21.1 Å². The van der Waals surface area contributed by atoms with E-state index >= 15 is 0 Å². The average Bonchev–Trinajstić information content (AvgIpc) is 3.13. The molecule has 0 amide bonds. The summed E-state index contributed by atoms with van der Waals surface area (Å²) in [4.78, 5) is 14.8. The molecular weight excluding hydrogens is 414 g/mol. The lowest BCUT2D eigenvalue weighted by Gasteiger charge is -2.14. The molecule has 0 bridgehead atoms. The number of H-pyrrole nitrogens is 1. The van der Waals surface area contributed by atoms with Crippen molar-refractivity contribution < 1.29 is 19.4 Å². The zero-order chi connectivity index (χ0) is 21.8. The zero-order valence-corrected chi connectivity index (χ0v) is 17.8. The number of aromatic nitrogens is 1. The van der Waals surface area contributed by atoms with Gasteiger partial charge in [-0.3, -0.25) is 4.79 Å². The second-order valence-corrected chi connectivity index (χ2v) is 7.49. The van der Waals surface area contributed by atoms with Gasteiger partial charge in [0.25, 0.3) is 0 Å². The Morgan fingerprint density at radius 3 is 2.55 bits per heavy atom. The summed E-state index contributed by atoms with van der Waals surface area (Å²) >= 11 is 6.35. The lowest BCUT2D eigenvalue weighted by molar-refractivity contribution is -0.136. The second-order valence-electron chi connectivity index (χ2n) is 7.08. The Balaban J connectivity index is 1.74. The lowest BCUT2D eigenvalue weighted by atomic mass is 10.0. The quantitative estimate of drug-likeness (QED) is 0.351. The number of ether oxygens (including phenoxy) is 2. The fraction of sp³-hybridized carbons (Fsp3) is 0.160. The van der Waals surface area contributed by atoms with E-state index in [1.54, 1.807) is 6.07 Å². The van der Waals surface area contributed by atoms with E-state index in [2.05, 4.69) is 4.98 Å². The summed E-state index contributed by atoms with van der Waals surface area (Å²) in [6.45, 7) is 2.81. The first-order chi connectivity index (χ1) is 15.1. The molecule has 4 rings (SSSR count). The van der Waals surface area contributed by atoms with Crippen molar-refractivity contribution in [2.45, 2.75) is 20.0 Å². The molecule has 0 saturated carbocycles. The van der Waals surface area contributed by atoms with Gasteiger partial charge in [-0.15, -0.1) is 0 Å². The van der Waals surface area contributed by atoms with E-state index in [0.717, 1.165) is 22.0 Å². The number of halogens is 1. The summed E-state index contributed by atoms with van der Waals surface area (Å²) in [5, 5.41) is 10.8. The minimum absolute atomic E-state index is 0.119. The van der Waals surface area contributed by atoms with Gasteiger partial charge in [-0.2, -0.15) is 0 Å². The zero-order valence-electron chi connectivity index (χ0n) is 17.0. The first-order valence-corrected chi connectivity index (χ1v) is 10.4. The van der Waals surface area contributed by atoms with Crippen LogP contribution in [0.4, 0.5) is 0 Å². The number of benzene rings is 3. The number of carboxylic acids is 1. The van der Waals surface area contributed by atoms with Crippen molar-refractivity contribution in [3.05, 3.63) is 82.9 Å². The highest BCUT2D eigenvalue weighted by molar-refractivity contribution is 6.35. The topological polar surface area (TPSA) is 71.6 Å². The van der Waals surface area contributed by atoms with Crippen molar-refractivity contribution in [1.82, 2.24) is 4.98 Å². The van der Waals surface area contributed by atoms with Crippen LogP contribution < -0.4 is 9.47 Å². The molecule has 0 aliphatic rings. The summed E-state index contributed by atoms with van der Waals surface area (Å²) in [6.07, 6.45) is -0.119. The minimum Gasteiger partial charge on any atom is -0.490 e. The van der Waals surface area contributed by atoms with Crippen LogP contribution >= 0.6 is 11.6 Å². The first kappa shape index (κ1) is 20.8. The normalized spacial score (nSPS) is 10.9. The van der Waals surface area contributed by atoms with Crippen LogP contribution in [-0.4, -0.2) is 22.7 Å². The monoisotopic (exact) mass is 435 g/mol. The van der Waals surface area contributed by atoms with Crippen molar-refractivity contribution in [3.8, 4) is 22.8 Å². The standard InChI is InChI=1S/C25H22ClNO4/c1-2-30-22-13-17(11-12-21(22)31-15-16-7-4-3-5-8-16)24-19(14-23(28)29)18-9-6-10-20(26)25(18)27-24/h3-13,27H,2,14-15H2,1H3,(H,28,29). The minimum atomic E-state index is -0.907. The Bertz CT molecular complexity index is 1220. The van der Waals surface area contributed by atoms with E-state index in [0.29, 0.717) is 41.0 Å². The number of para-hydroxylation sites is 1. The van der Waals surface area contributed by atoms with Crippen LogP contribution in [0.5, 0.6) is 11.5 Å². The van der Waals surface area contributed by atoms with Crippen molar-refractivity contribution in [1.29, 1.82) is 0 Å². The van der Waals surface area contributed by atoms with Gasteiger partial charge in [-0.25, -0.2) is 0 Å². The molecule has 4 aromatic rings. The van der Waals surface area contributed by atoms with Gasteiger partial charge in [-0.05, 0) is 42.3 Å². The molecular formula is C25H22ClNO4. The van der Waals surface area contributed by atoms with Gasteiger partial charge in [0.2, 0.25) is 0 Å². The molecule has 0 spiro atoms. The van der Waals surface area contributed by atoms with Crippen LogP contribution in [0.25, 0.3) is 22.2 Å². The van der Waals surface area contributed by atoms with Gasteiger partial charge < -0.3 is 19.6 Å². The number of hydrogen-bond donors (Lipinski definition) is 2. The van der Waals surface area contributed by atoms with Crippen LogP contribution in [0.15, 0.2) is 66.7 Å². The summed E-state index contributed by atoms with van der Waals surface area (Å²) < 4.78 is 11.8. The first-order valence-electron chi connectivity index (χ1n) is 10.0. The maximum absolute atomic E-state index is 11.5. The molecule has 0 aliphatic carbocycles. The van der Waals surface area contributed by atoms with Gasteiger partial charge >= 0.3 is 5.97 Å². The SMILES string of the molecule is CCOc1cc(-c2[nH]c3c(Cl)cccc3c2CC(=O)O)ccc1OCc1ccccc1. The average molecular weight is 436 g/mol. The molecule has 5 nitrogen and oxygen atoms in total. The van der Waals surface area contributed by atoms with Crippen LogP contribution in [0.2, 0.25) is 5.02 Å². The van der Waals surface area contributed by atoms with Crippen molar-refractivity contribution in [2.24, 2.45) is 0 Å². The maximum atomic E-state index is 11.5. The summed E-state index contributed by atoms with van der Waals surface area (Å²) in [6, 6.07) is 21.0. The summed E-state index contributed by atoms with van der Waals surface area (Å²) in [5.41, 5.74) is 3.98. The van der Waals surface area contributed by atoms with Gasteiger partial charge in [0.1, 0.15) is 6.61 Å². The molecule has 1 heterocycles. The number of aliphatic carboxylic acids is 1. The molecule has 0 fully saturated rings. The number of carbonyl (C=O) groups is 1. The van der Waals surface area contributed by atoms with E-state index in [1.165, 1.54) is 0 Å². The molecule has 3 aromatic carbocycles. The molecule has 31 heavy (non-hydrogen) atoms. The molecule has 6 heteroatoms. The Hall–Kier alpha value is -3.44. The lowest BCUT2D eigenvalue weighted by Crippen LogP contribution is -2.02. The fourth-order valence-corrected chi connectivity index (χ4v) is 3.83. The van der Waals surface area contributed by atoms with E-state index in [1.807, 2.05) is 67.6 Å². The number of aromatic amines is 1. The third-order valence-electron chi connectivity index (χ3n) is 4.99. The van der Waals surface area contributed by atoms with E-state index < -0.39 is 5.97 Å². The number of rotatable bonds is 8. The summed E-state index contributed by atoms with van der Waals surface area (Å²) in [5.74, 6) is 0.320. The van der Waals surface area contributed by atoms with Crippen molar-refractivity contribution >= 4 is 28.5 Å². The summed E-state index contributed by atoms with van der Waals surface area (Å²) in [7, 11) is 0. The number of nitrogens with one attached hydrogen (secondary N) is 1. The molecule has 0 radical (unpaired) electrons. The largest absolute Gasteiger partial charge is 0.490 e. The molecule has 158 valence electrons. The van der Waals surface area contributed by atoms with Crippen molar-refractivity contribution in [3.63, 3.8) is 0 Å². The fourth-order valence-electron chi connectivity index (χ4n) is 3.61. The van der Waals surface area contributed by atoms with Gasteiger partial charge in [0, 0.05) is 10.9 Å². The molecule has 0 atom stereocenters. The Labute approximate surface area is 185 Å². The predicted octanol–water partition coefficient (Wildman–Crippen LogP) is 6.09. The Morgan fingerprint density at radius 2 is 1.81 bits per heavy atom. The van der Waals surface area contributed by atoms with Crippen LogP contribution in [0.1, 0.15) is 18.1 Å². The maximum Gasteiger partial charge on any atom is 0.307 e. The highest BCUT2D eigenvalue weighted by Gasteiger charge is 2.19. The van der Waals surface area contributed by atoms with Crippen LogP contribution in [0.3, 0.4) is 0 Å². The van der Waals surface area contributed by atoms with Gasteiger partial charge in [-0.1, -0.05) is 54.1 Å². The van der Waals surface area contributed by atoms with E-state index in [-0.39, 0.29) is 6.42 Å². The van der Waals surface area contributed by atoms with Crippen LogP contribution in [-0.2, 0) is 17.8 Å². The third kappa shape index (κ3) is 4.52. The third-order valence-corrected chi connectivity index (χ3v) is 5.30. The predicted molar refractivity (Wildman–Crippen MR) is 122 cm³/mol. The number of carboxylic acid groups (broad SMARTS) is 1. The Morgan fingerprint density at radius 1 is 1.00 bits per heavy atom. The molecule has 2 N–H and O–H groups in total. The Kier molecular flexibility index (Phi) is 6.14. The number of hydrogen-bond acceptors (Lipinski definition) is 3. The molecule has 1 aromatic heterocycles. The van der Waals surface area contributed by atoms with E-state index in [9.17, 15) is 9.90 Å². The van der Waals surface area contributed by atoms with Gasteiger partial charge in [0.15, 0.2) is 11.5 Å². The van der Waals surface area contributed by atoms with Crippen LogP contribution in [0, 0.1) is 0 Å². The highest BCUT2D eigenvalue weighted by atomic mass is 35.5. The molecule has 0 saturated heterocycles. The second kappa shape index (κ2) is 9.14. The molecule has 0 aliphatic heterocycles. The van der Waals surface area contributed by atoms with Crippen molar-refractivity contribution in [2.75, 3.05) is 6.61 Å². The highest BCUT2D eigenvalue weighted by Crippen LogP contribution is 2.38.